The minimum absolute atomic E-state index is 0.0507. The number of nitrogens with one attached hydrogen (secondary N) is 1. The number of amides is 1. The summed E-state index contributed by atoms with van der Waals surface area (Å²) in [4.78, 5) is 24.7. The van der Waals surface area contributed by atoms with Gasteiger partial charge in [-0.25, -0.2) is 13.6 Å². The molecule has 152 valence electrons. The smallest absolute Gasteiger partial charge is 0.375 e. The molecule has 0 fully saturated rings. The number of aryl methyl sites for hydroxylation is 1. The van der Waals surface area contributed by atoms with Gasteiger partial charge in [-0.1, -0.05) is 0 Å². The van der Waals surface area contributed by atoms with Gasteiger partial charge >= 0.3 is 5.97 Å². The number of halogens is 2. The van der Waals surface area contributed by atoms with E-state index < -0.39 is 29.6 Å². The highest BCUT2D eigenvalue weighted by atomic mass is 19.1. The highest BCUT2D eigenvalue weighted by Crippen LogP contribution is 2.29. The number of hydrogen-bond acceptors (Lipinski definition) is 5. The van der Waals surface area contributed by atoms with Crippen molar-refractivity contribution < 1.29 is 32.3 Å². The molecular formula is C21H19F2NO5. The average Bonchev–Trinajstić information content (AvgIpc) is 3.01. The number of carbonyl (C=O) groups excluding carboxylic acids is 2. The molecule has 0 aliphatic carbocycles. The molecule has 3 aromatic rings. The van der Waals surface area contributed by atoms with Crippen LogP contribution in [0, 0.1) is 18.6 Å². The lowest BCUT2D eigenvalue weighted by Gasteiger charge is -2.13. The van der Waals surface area contributed by atoms with E-state index in [2.05, 4.69) is 5.32 Å². The Morgan fingerprint density at radius 1 is 1.17 bits per heavy atom. The summed E-state index contributed by atoms with van der Waals surface area (Å²) in [5, 5.41) is 2.87. The molecule has 0 aliphatic rings. The number of anilines is 1. The molecule has 1 amide bonds. The monoisotopic (exact) mass is 403 g/mol. The van der Waals surface area contributed by atoms with Gasteiger partial charge in [0.05, 0.1) is 12.3 Å². The Kier molecular flexibility index (Phi) is 5.81. The average molecular weight is 403 g/mol. The molecule has 1 aromatic heterocycles. The van der Waals surface area contributed by atoms with Crippen LogP contribution in [-0.2, 0) is 9.53 Å². The number of ether oxygens (including phenoxy) is 2. The summed E-state index contributed by atoms with van der Waals surface area (Å²) in [7, 11) is 0. The standard InChI is InChI=1S/C21H19F2NO5/c1-4-27-14-6-8-18-15(10-14)11(2)19(29-18)21(26)28-12(3)20(25)24-17-9-13(22)5-7-16(17)23/h5-10,12H,4H2,1-3H3,(H,24,25)/t12-/m1/s1. The number of hydrogen-bond donors (Lipinski definition) is 1. The molecular weight excluding hydrogens is 384 g/mol. The van der Waals surface area contributed by atoms with Gasteiger partial charge in [-0.15, -0.1) is 0 Å². The van der Waals surface area contributed by atoms with Crippen molar-refractivity contribution in [2.24, 2.45) is 0 Å². The second kappa shape index (κ2) is 8.30. The summed E-state index contributed by atoms with van der Waals surface area (Å²) >= 11 is 0. The number of rotatable bonds is 6. The molecule has 1 N–H and O–H groups in total. The third-order valence-electron chi connectivity index (χ3n) is 4.24. The molecule has 0 aliphatic heterocycles. The topological polar surface area (TPSA) is 77.8 Å². The minimum atomic E-state index is -1.27. The zero-order chi connectivity index (χ0) is 21.1. The Bertz CT molecular complexity index is 1080. The predicted molar refractivity (Wildman–Crippen MR) is 102 cm³/mol. The first-order valence-electron chi connectivity index (χ1n) is 8.93. The van der Waals surface area contributed by atoms with Crippen LogP contribution in [0.3, 0.4) is 0 Å². The van der Waals surface area contributed by atoms with Gasteiger partial charge in [0.2, 0.25) is 5.76 Å². The third-order valence-corrected chi connectivity index (χ3v) is 4.24. The van der Waals surface area contributed by atoms with Crippen molar-refractivity contribution in [3.8, 4) is 5.75 Å². The molecule has 0 saturated heterocycles. The Morgan fingerprint density at radius 3 is 2.66 bits per heavy atom. The van der Waals surface area contributed by atoms with E-state index in [1.54, 1.807) is 25.1 Å². The second-order valence-corrected chi connectivity index (χ2v) is 6.31. The number of fused-ring (bicyclic) bond motifs is 1. The molecule has 6 nitrogen and oxygen atoms in total. The first-order chi connectivity index (χ1) is 13.8. The minimum Gasteiger partial charge on any atom is -0.494 e. The molecule has 3 rings (SSSR count). The highest BCUT2D eigenvalue weighted by molar-refractivity contribution is 5.99. The first-order valence-corrected chi connectivity index (χ1v) is 8.93. The van der Waals surface area contributed by atoms with Gasteiger partial charge < -0.3 is 19.2 Å². The molecule has 2 aromatic carbocycles. The number of benzene rings is 2. The van der Waals surface area contributed by atoms with E-state index in [-0.39, 0.29) is 11.4 Å². The maximum absolute atomic E-state index is 13.7. The number of esters is 1. The Hall–Kier alpha value is -3.42. The van der Waals surface area contributed by atoms with Gasteiger partial charge in [0, 0.05) is 17.0 Å². The zero-order valence-electron chi connectivity index (χ0n) is 16.0. The molecule has 0 bridgehead atoms. The molecule has 0 saturated carbocycles. The van der Waals surface area contributed by atoms with Crippen LogP contribution < -0.4 is 10.1 Å². The van der Waals surface area contributed by atoms with Crippen molar-refractivity contribution in [1.29, 1.82) is 0 Å². The van der Waals surface area contributed by atoms with Crippen LogP contribution in [0.25, 0.3) is 11.0 Å². The van der Waals surface area contributed by atoms with E-state index in [1.165, 1.54) is 6.92 Å². The number of carbonyl (C=O) groups is 2. The maximum Gasteiger partial charge on any atom is 0.375 e. The SMILES string of the molecule is CCOc1ccc2oc(C(=O)O[C@H](C)C(=O)Nc3cc(F)ccc3F)c(C)c2c1. The van der Waals surface area contributed by atoms with Gasteiger partial charge in [0.15, 0.2) is 6.10 Å². The summed E-state index contributed by atoms with van der Waals surface area (Å²) in [5.41, 5.74) is 0.661. The van der Waals surface area contributed by atoms with Crippen molar-refractivity contribution in [2.75, 3.05) is 11.9 Å². The van der Waals surface area contributed by atoms with Gasteiger partial charge in [-0.3, -0.25) is 4.79 Å². The normalized spacial score (nSPS) is 11.9. The van der Waals surface area contributed by atoms with Crippen molar-refractivity contribution in [3.05, 3.63) is 59.4 Å². The van der Waals surface area contributed by atoms with Crippen molar-refractivity contribution in [2.45, 2.75) is 26.9 Å². The first kappa shape index (κ1) is 20.3. The van der Waals surface area contributed by atoms with E-state index in [1.807, 2.05) is 6.92 Å². The summed E-state index contributed by atoms with van der Waals surface area (Å²) in [6.07, 6.45) is -1.27. The molecule has 0 radical (unpaired) electrons. The van der Waals surface area contributed by atoms with E-state index >= 15 is 0 Å². The van der Waals surface area contributed by atoms with Crippen LogP contribution in [0.2, 0.25) is 0 Å². The maximum atomic E-state index is 13.7. The van der Waals surface area contributed by atoms with Gasteiger partial charge in [0.25, 0.3) is 5.91 Å². The largest absolute Gasteiger partial charge is 0.494 e. The third kappa shape index (κ3) is 4.37. The van der Waals surface area contributed by atoms with Crippen LogP contribution in [0.5, 0.6) is 5.75 Å². The quantitative estimate of drug-likeness (QED) is 0.609. The van der Waals surface area contributed by atoms with Gasteiger partial charge in [0.1, 0.15) is 23.0 Å². The van der Waals surface area contributed by atoms with E-state index in [4.69, 9.17) is 13.9 Å². The fraction of sp³-hybridized carbons (Fsp3) is 0.238. The molecule has 0 unspecified atom stereocenters. The fourth-order valence-electron chi connectivity index (χ4n) is 2.75. The molecule has 1 atom stereocenters. The van der Waals surface area contributed by atoms with Crippen LogP contribution in [-0.4, -0.2) is 24.6 Å². The van der Waals surface area contributed by atoms with Crippen LogP contribution in [0.15, 0.2) is 40.8 Å². The van der Waals surface area contributed by atoms with Crippen LogP contribution in [0.1, 0.15) is 30.0 Å². The molecule has 8 heteroatoms. The van der Waals surface area contributed by atoms with Crippen LogP contribution >= 0.6 is 0 Å². The lowest BCUT2D eigenvalue weighted by atomic mass is 10.1. The molecule has 29 heavy (non-hydrogen) atoms. The Morgan fingerprint density at radius 2 is 1.93 bits per heavy atom. The highest BCUT2D eigenvalue weighted by Gasteiger charge is 2.25. The van der Waals surface area contributed by atoms with E-state index in [0.29, 0.717) is 28.9 Å². The van der Waals surface area contributed by atoms with Crippen molar-refractivity contribution >= 4 is 28.5 Å². The Labute approximate surface area is 165 Å². The summed E-state index contributed by atoms with van der Waals surface area (Å²) in [5.74, 6) is -2.60. The van der Waals surface area contributed by atoms with Gasteiger partial charge in [-0.05, 0) is 51.1 Å². The Balaban J connectivity index is 1.74. The molecule has 0 spiro atoms. The lowest BCUT2D eigenvalue weighted by Crippen LogP contribution is -2.30. The summed E-state index contributed by atoms with van der Waals surface area (Å²) < 4.78 is 43.0. The molecule has 1 heterocycles. The number of furan rings is 1. The fourth-order valence-corrected chi connectivity index (χ4v) is 2.75. The summed E-state index contributed by atoms with van der Waals surface area (Å²) in [6, 6.07) is 7.78. The zero-order valence-corrected chi connectivity index (χ0v) is 16.0. The lowest BCUT2D eigenvalue weighted by molar-refractivity contribution is -0.123. The van der Waals surface area contributed by atoms with E-state index in [0.717, 1.165) is 18.2 Å². The van der Waals surface area contributed by atoms with E-state index in [9.17, 15) is 18.4 Å². The van der Waals surface area contributed by atoms with Crippen molar-refractivity contribution in [1.82, 2.24) is 0 Å². The van der Waals surface area contributed by atoms with Crippen molar-refractivity contribution in [3.63, 3.8) is 0 Å². The van der Waals surface area contributed by atoms with Gasteiger partial charge in [-0.2, -0.15) is 0 Å². The van der Waals surface area contributed by atoms with Crippen LogP contribution in [0.4, 0.5) is 14.5 Å². The predicted octanol–water partition coefficient (Wildman–Crippen LogP) is 4.60. The summed E-state index contributed by atoms with van der Waals surface area (Å²) in [6.45, 7) is 5.35. The second-order valence-electron chi connectivity index (χ2n) is 6.31.